The monoisotopic (exact) mass is 477 g/mol. The van der Waals surface area contributed by atoms with Crippen LogP contribution >= 0.6 is 24.0 Å². The molecule has 0 bridgehead atoms. The zero-order valence-electron chi connectivity index (χ0n) is 16.0. The van der Waals surface area contributed by atoms with Crippen LogP contribution in [0, 0.1) is 0 Å². The number of aromatic nitrogens is 1. The molecule has 0 spiro atoms. The summed E-state index contributed by atoms with van der Waals surface area (Å²) in [4.78, 5) is 15.8. The van der Waals surface area contributed by atoms with Crippen molar-refractivity contribution in [3.8, 4) is 0 Å². The topological polar surface area (TPSA) is 91.5 Å². The van der Waals surface area contributed by atoms with E-state index >= 15 is 0 Å². The van der Waals surface area contributed by atoms with Crippen molar-refractivity contribution in [3.63, 3.8) is 0 Å². The quantitative estimate of drug-likeness (QED) is 0.209. The lowest BCUT2D eigenvalue weighted by Gasteiger charge is -2.10. The molecular formula is C18H32IN5O2. The number of carbonyl (C=O) groups excluding carboxylic acids is 1. The van der Waals surface area contributed by atoms with Gasteiger partial charge in [-0.1, -0.05) is 19.0 Å². The number of carbonyl (C=O) groups is 1. The Kier molecular flexibility index (Phi) is 10.6. The molecule has 1 aliphatic carbocycles. The summed E-state index contributed by atoms with van der Waals surface area (Å²) in [6.45, 7) is 5.57. The molecule has 0 aromatic carbocycles. The number of halogens is 1. The Labute approximate surface area is 173 Å². The van der Waals surface area contributed by atoms with E-state index in [1.54, 1.807) is 7.05 Å². The lowest BCUT2D eigenvalue weighted by molar-refractivity contribution is -0.121. The molecule has 3 N–H and O–H groups in total. The van der Waals surface area contributed by atoms with Crippen LogP contribution in [0.4, 0.5) is 0 Å². The van der Waals surface area contributed by atoms with Gasteiger partial charge in [0.05, 0.1) is 12.2 Å². The molecule has 0 aliphatic heterocycles. The van der Waals surface area contributed by atoms with Gasteiger partial charge >= 0.3 is 0 Å². The maximum Gasteiger partial charge on any atom is 0.220 e. The van der Waals surface area contributed by atoms with Crippen molar-refractivity contribution in [2.75, 3.05) is 13.6 Å². The average Bonchev–Trinajstić information content (AvgIpc) is 3.30. The van der Waals surface area contributed by atoms with Crippen molar-refractivity contribution in [3.05, 3.63) is 17.5 Å². The van der Waals surface area contributed by atoms with Crippen LogP contribution in [0.25, 0.3) is 0 Å². The number of amides is 1. The van der Waals surface area contributed by atoms with Crippen LogP contribution in [0.15, 0.2) is 15.6 Å². The van der Waals surface area contributed by atoms with Gasteiger partial charge in [-0.05, 0) is 32.1 Å². The first-order chi connectivity index (χ1) is 12.2. The first-order valence-electron chi connectivity index (χ1n) is 9.35. The average molecular weight is 477 g/mol. The minimum Gasteiger partial charge on any atom is -0.359 e. The van der Waals surface area contributed by atoms with Gasteiger partial charge in [-0.15, -0.1) is 24.0 Å². The summed E-state index contributed by atoms with van der Waals surface area (Å²) in [7, 11) is 1.73. The highest BCUT2D eigenvalue weighted by atomic mass is 127. The largest absolute Gasteiger partial charge is 0.359 e. The van der Waals surface area contributed by atoms with Gasteiger partial charge < -0.3 is 20.5 Å². The summed E-state index contributed by atoms with van der Waals surface area (Å²) in [6.07, 6.45) is 5.70. The molecule has 1 aromatic heterocycles. The zero-order valence-corrected chi connectivity index (χ0v) is 18.3. The molecule has 7 nitrogen and oxygen atoms in total. The summed E-state index contributed by atoms with van der Waals surface area (Å²) >= 11 is 0. The Bertz CT molecular complexity index is 568. The molecule has 0 radical (unpaired) electrons. The Hall–Kier alpha value is -1.32. The molecular weight excluding hydrogens is 445 g/mol. The molecule has 0 unspecified atom stereocenters. The molecule has 1 heterocycles. The van der Waals surface area contributed by atoms with Crippen molar-refractivity contribution in [2.45, 2.75) is 70.9 Å². The minimum atomic E-state index is 0. The molecule has 1 saturated carbocycles. The Morgan fingerprint density at radius 1 is 1.35 bits per heavy atom. The number of nitrogens with zero attached hydrogens (tertiary/aromatic N) is 2. The maximum atomic E-state index is 11.6. The third-order valence-corrected chi connectivity index (χ3v) is 4.45. The summed E-state index contributed by atoms with van der Waals surface area (Å²) in [5.74, 6) is 2.09. The predicted octanol–water partition coefficient (Wildman–Crippen LogP) is 2.92. The number of hydrogen-bond donors (Lipinski definition) is 3. The summed E-state index contributed by atoms with van der Waals surface area (Å²) < 4.78 is 5.40. The highest BCUT2D eigenvalue weighted by Gasteiger charge is 2.22. The lowest BCUT2D eigenvalue weighted by Crippen LogP contribution is -2.37. The van der Waals surface area contributed by atoms with E-state index < -0.39 is 0 Å². The van der Waals surface area contributed by atoms with Crippen LogP contribution in [0.3, 0.4) is 0 Å². The van der Waals surface area contributed by atoms with Crippen molar-refractivity contribution in [1.29, 1.82) is 0 Å². The normalized spacial score (nSPS) is 14.1. The number of aliphatic imine (C=N–C) groups is 1. The highest BCUT2D eigenvalue weighted by Crippen LogP contribution is 2.22. The third-order valence-electron chi connectivity index (χ3n) is 4.45. The molecule has 1 fully saturated rings. The summed E-state index contributed by atoms with van der Waals surface area (Å²) in [6, 6.07) is 2.45. The van der Waals surface area contributed by atoms with Crippen LogP contribution in [0.1, 0.15) is 69.7 Å². The van der Waals surface area contributed by atoms with E-state index in [0.29, 0.717) is 37.4 Å². The van der Waals surface area contributed by atoms with E-state index in [2.05, 4.69) is 39.9 Å². The molecule has 1 amide bonds. The SMILES string of the molecule is CCC(CC)c1cc(CNC(=NC)NCCCC(=O)NC2CC2)on1.I. The van der Waals surface area contributed by atoms with E-state index in [0.717, 1.165) is 43.6 Å². The van der Waals surface area contributed by atoms with Crippen LogP contribution in [0.2, 0.25) is 0 Å². The number of hydrogen-bond acceptors (Lipinski definition) is 4. The van der Waals surface area contributed by atoms with Crippen LogP contribution < -0.4 is 16.0 Å². The van der Waals surface area contributed by atoms with Gasteiger partial charge in [0.1, 0.15) is 0 Å². The van der Waals surface area contributed by atoms with Gasteiger partial charge in [-0.25, -0.2) is 0 Å². The first kappa shape index (κ1) is 22.7. The number of guanidine groups is 1. The molecule has 0 atom stereocenters. The minimum absolute atomic E-state index is 0. The Morgan fingerprint density at radius 2 is 2.08 bits per heavy atom. The highest BCUT2D eigenvalue weighted by molar-refractivity contribution is 14.0. The standard InChI is InChI=1S/C18H31N5O2.HI/c1-4-13(5-2)16-11-15(25-23-16)12-21-18(19-3)20-10-6-7-17(24)22-14-8-9-14;/h11,13-14H,4-10,12H2,1-3H3,(H,22,24)(H2,19,20,21);1H. The van der Waals surface area contributed by atoms with E-state index in [4.69, 9.17) is 4.52 Å². The van der Waals surface area contributed by atoms with Gasteiger partial charge in [0.15, 0.2) is 11.7 Å². The molecule has 26 heavy (non-hydrogen) atoms. The summed E-state index contributed by atoms with van der Waals surface area (Å²) in [5.41, 5.74) is 1.02. The van der Waals surface area contributed by atoms with Crippen molar-refractivity contribution >= 4 is 35.8 Å². The fourth-order valence-corrected chi connectivity index (χ4v) is 2.69. The number of nitrogens with one attached hydrogen (secondary N) is 3. The van der Waals surface area contributed by atoms with E-state index in [-0.39, 0.29) is 29.9 Å². The van der Waals surface area contributed by atoms with Gasteiger partial charge in [0, 0.05) is 38.0 Å². The van der Waals surface area contributed by atoms with E-state index in [1.165, 1.54) is 0 Å². The van der Waals surface area contributed by atoms with E-state index in [9.17, 15) is 4.79 Å². The van der Waals surface area contributed by atoms with E-state index in [1.807, 2.05) is 6.07 Å². The fraction of sp³-hybridized carbons (Fsp3) is 0.722. The zero-order chi connectivity index (χ0) is 18.1. The Morgan fingerprint density at radius 3 is 2.69 bits per heavy atom. The Balaban J connectivity index is 0.00000338. The second-order valence-electron chi connectivity index (χ2n) is 6.53. The summed E-state index contributed by atoms with van der Waals surface area (Å²) in [5, 5.41) is 13.6. The molecule has 0 saturated heterocycles. The molecule has 1 aromatic rings. The molecule has 8 heteroatoms. The first-order valence-corrected chi connectivity index (χ1v) is 9.35. The van der Waals surface area contributed by atoms with Crippen molar-refractivity contribution in [2.24, 2.45) is 4.99 Å². The van der Waals surface area contributed by atoms with Gasteiger partial charge in [-0.3, -0.25) is 9.79 Å². The third kappa shape index (κ3) is 7.92. The molecule has 1 aliphatic rings. The fourth-order valence-electron chi connectivity index (χ4n) is 2.69. The van der Waals surface area contributed by atoms with Crippen LogP contribution in [0.5, 0.6) is 0 Å². The van der Waals surface area contributed by atoms with Crippen LogP contribution in [-0.4, -0.2) is 36.7 Å². The van der Waals surface area contributed by atoms with Crippen molar-refractivity contribution in [1.82, 2.24) is 21.1 Å². The maximum absolute atomic E-state index is 11.6. The van der Waals surface area contributed by atoms with Gasteiger partial charge in [-0.2, -0.15) is 0 Å². The lowest BCUT2D eigenvalue weighted by atomic mass is 9.99. The molecule has 2 rings (SSSR count). The van der Waals surface area contributed by atoms with Gasteiger partial charge in [0.25, 0.3) is 0 Å². The van der Waals surface area contributed by atoms with Gasteiger partial charge in [0.2, 0.25) is 5.91 Å². The predicted molar refractivity (Wildman–Crippen MR) is 114 cm³/mol. The number of rotatable bonds is 10. The second kappa shape index (κ2) is 12.1. The second-order valence-corrected chi connectivity index (χ2v) is 6.53. The van der Waals surface area contributed by atoms with Crippen LogP contribution in [-0.2, 0) is 11.3 Å². The smallest absolute Gasteiger partial charge is 0.220 e. The van der Waals surface area contributed by atoms with Crippen molar-refractivity contribution < 1.29 is 9.32 Å². The molecule has 148 valence electrons.